The van der Waals surface area contributed by atoms with E-state index in [4.69, 9.17) is 4.74 Å². The molecule has 0 bridgehead atoms. The summed E-state index contributed by atoms with van der Waals surface area (Å²) in [7, 11) is 0. The summed E-state index contributed by atoms with van der Waals surface area (Å²) in [5.41, 5.74) is 2.61. The van der Waals surface area contributed by atoms with Crippen LogP contribution in [0.15, 0.2) is 53.6 Å². The van der Waals surface area contributed by atoms with E-state index in [1.165, 1.54) is 6.07 Å². The first kappa shape index (κ1) is 15.7. The van der Waals surface area contributed by atoms with Gasteiger partial charge in [0.25, 0.3) is 0 Å². The van der Waals surface area contributed by atoms with Crippen molar-refractivity contribution >= 4 is 11.6 Å². The summed E-state index contributed by atoms with van der Waals surface area (Å²) in [6.45, 7) is 4.41. The lowest BCUT2D eigenvalue weighted by molar-refractivity contribution is -0.360. The van der Waals surface area contributed by atoms with Crippen LogP contribution in [0.1, 0.15) is 12.6 Å². The zero-order chi connectivity index (χ0) is 16.9. The van der Waals surface area contributed by atoms with Crippen LogP contribution in [0.25, 0.3) is 11.1 Å². The van der Waals surface area contributed by atoms with Gasteiger partial charge in [-0.3, -0.25) is 4.79 Å². The molecule has 122 valence electrons. The molecular formula is C18H19N4O2+. The fraction of sp³-hybridized carbons (Fsp3) is 0.167. The summed E-state index contributed by atoms with van der Waals surface area (Å²) >= 11 is 0. The molecule has 6 heteroatoms. The minimum atomic E-state index is -0.128. The molecule has 0 spiro atoms. The molecule has 0 amide bonds. The fourth-order valence-corrected chi connectivity index (χ4v) is 2.34. The Morgan fingerprint density at radius 1 is 1.25 bits per heavy atom. The molecule has 0 radical (unpaired) electrons. The summed E-state index contributed by atoms with van der Waals surface area (Å²) in [6.07, 6.45) is 3.53. The molecule has 0 aliphatic carbocycles. The van der Waals surface area contributed by atoms with Crippen molar-refractivity contribution in [2.75, 3.05) is 11.9 Å². The zero-order valence-corrected chi connectivity index (χ0v) is 13.6. The van der Waals surface area contributed by atoms with E-state index in [-0.39, 0.29) is 5.56 Å². The van der Waals surface area contributed by atoms with E-state index in [2.05, 4.69) is 20.3 Å². The molecule has 0 aromatic carbocycles. The van der Waals surface area contributed by atoms with Gasteiger partial charge in [0.05, 0.1) is 12.8 Å². The third-order valence-corrected chi connectivity index (χ3v) is 3.46. The van der Waals surface area contributed by atoms with E-state index in [9.17, 15) is 4.79 Å². The van der Waals surface area contributed by atoms with Crippen LogP contribution < -0.4 is 20.6 Å². The Balaban J connectivity index is 1.95. The van der Waals surface area contributed by atoms with Crippen molar-refractivity contribution in [3.05, 3.63) is 64.8 Å². The smallest absolute Gasteiger partial charge is 0.321 e. The summed E-state index contributed by atoms with van der Waals surface area (Å²) in [6, 6.07) is 11.0. The Bertz CT molecular complexity index is 885. The number of hydrogen-bond donors (Lipinski definition) is 2. The molecule has 3 N–H and O–H groups in total. The summed E-state index contributed by atoms with van der Waals surface area (Å²) in [5, 5.41) is 3.24. The Hall–Kier alpha value is -3.15. The first-order chi connectivity index (χ1) is 11.7. The number of pyridine rings is 3. The number of ether oxygens (including phenoxy) is 1. The number of aromatic amines is 2. The maximum Gasteiger partial charge on any atom is 0.321 e. The molecule has 0 aliphatic rings. The van der Waals surface area contributed by atoms with E-state index in [1.807, 2.05) is 44.3 Å². The van der Waals surface area contributed by atoms with Crippen LogP contribution in [0.5, 0.6) is 5.75 Å². The zero-order valence-electron chi connectivity index (χ0n) is 13.6. The van der Waals surface area contributed by atoms with Crippen molar-refractivity contribution in [2.45, 2.75) is 13.8 Å². The minimum Gasteiger partial charge on any atom is -0.486 e. The van der Waals surface area contributed by atoms with Crippen molar-refractivity contribution in [1.82, 2.24) is 9.97 Å². The van der Waals surface area contributed by atoms with Gasteiger partial charge >= 0.3 is 5.82 Å². The Morgan fingerprint density at radius 3 is 2.83 bits per heavy atom. The molecule has 0 fully saturated rings. The lowest BCUT2D eigenvalue weighted by Crippen LogP contribution is -2.13. The predicted octanol–water partition coefficient (Wildman–Crippen LogP) is 2.70. The molecule has 0 aliphatic heterocycles. The topological polar surface area (TPSA) is 81.2 Å². The van der Waals surface area contributed by atoms with Crippen molar-refractivity contribution < 1.29 is 9.72 Å². The van der Waals surface area contributed by atoms with Crippen molar-refractivity contribution in [2.24, 2.45) is 0 Å². The fourth-order valence-electron chi connectivity index (χ4n) is 2.34. The van der Waals surface area contributed by atoms with Gasteiger partial charge in [-0.1, -0.05) is 6.07 Å². The number of aryl methyl sites for hydroxylation is 1. The first-order valence-corrected chi connectivity index (χ1v) is 7.74. The second-order valence-corrected chi connectivity index (χ2v) is 5.29. The number of nitrogens with one attached hydrogen (secondary N) is 3. The van der Waals surface area contributed by atoms with Gasteiger partial charge in [-0.25, -0.2) is 15.3 Å². The highest BCUT2D eigenvalue weighted by atomic mass is 16.5. The van der Waals surface area contributed by atoms with E-state index >= 15 is 0 Å². The number of rotatable bonds is 5. The molecule has 24 heavy (non-hydrogen) atoms. The van der Waals surface area contributed by atoms with Gasteiger partial charge in [-0.2, -0.15) is 0 Å². The van der Waals surface area contributed by atoms with E-state index in [0.29, 0.717) is 12.4 Å². The number of aromatic nitrogens is 3. The maximum atomic E-state index is 11.2. The molecule has 0 saturated heterocycles. The Morgan fingerprint density at radius 2 is 2.12 bits per heavy atom. The highest BCUT2D eigenvalue weighted by Crippen LogP contribution is 2.27. The number of H-pyrrole nitrogens is 2. The average molecular weight is 323 g/mol. The van der Waals surface area contributed by atoms with Crippen LogP contribution in [0, 0.1) is 6.92 Å². The van der Waals surface area contributed by atoms with Crippen molar-refractivity contribution in [1.29, 1.82) is 0 Å². The molecule has 0 unspecified atom stereocenters. The molecule has 3 rings (SSSR count). The summed E-state index contributed by atoms with van der Waals surface area (Å²) in [5.74, 6) is 2.15. The van der Waals surface area contributed by atoms with Crippen LogP contribution in [0.2, 0.25) is 0 Å². The molecule has 0 saturated carbocycles. The van der Waals surface area contributed by atoms with E-state index in [0.717, 1.165) is 28.5 Å². The van der Waals surface area contributed by atoms with Gasteiger partial charge in [0, 0.05) is 41.2 Å². The van der Waals surface area contributed by atoms with Gasteiger partial charge in [0.1, 0.15) is 0 Å². The molecule has 3 aromatic rings. The molecule has 6 nitrogen and oxygen atoms in total. The predicted molar refractivity (Wildman–Crippen MR) is 92.5 cm³/mol. The Labute approximate surface area is 139 Å². The number of hydrogen-bond acceptors (Lipinski definition) is 4. The standard InChI is InChI=1S/C18H18N4O2/c1-3-24-15-9-14(13-7-8-17(23)19-10-13)11-20-18(15)22-16-6-4-5-12(2)21-16/h4-11H,3H2,1-2H3,(H,19,23)(H,20,21,22)/p+1. The second-order valence-electron chi connectivity index (χ2n) is 5.29. The molecule has 0 atom stereocenters. The van der Waals surface area contributed by atoms with Gasteiger partial charge < -0.3 is 9.72 Å². The quantitative estimate of drug-likeness (QED) is 0.756. The summed E-state index contributed by atoms with van der Waals surface area (Å²) in [4.78, 5) is 21.5. The molecule has 3 heterocycles. The van der Waals surface area contributed by atoms with E-state index < -0.39 is 0 Å². The maximum absolute atomic E-state index is 11.2. The Kier molecular flexibility index (Phi) is 4.56. The third-order valence-electron chi connectivity index (χ3n) is 3.46. The van der Waals surface area contributed by atoms with Gasteiger partial charge in [-0.15, -0.1) is 0 Å². The van der Waals surface area contributed by atoms with Crippen LogP contribution >= 0.6 is 0 Å². The van der Waals surface area contributed by atoms with Crippen molar-refractivity contribution in [3.63, 3.8) is 0 Å². The lowest BCUT2D eigenvalue weighted by Gasteiger charge is -2.08. The normalized spacial score (nSPS) is 10.4. The van der Waals surface area contributed by atoms with Gasteiger partial charge in [0.2, 0.25) is 17.1 Å². The van der Waals surface area contributed by atoms with Crippen LogP contribution in [-0.4, -0.2) is 16.6 Å². The van der Waals surface area contributed by atoms with Gasteiger partial charge in [0.15, 0.2) is 0 Å². The first-order valence-electron chi connectivity index (χ1n) is 7.74. The SMILES string of the molecule is CCOc1cc(-c2ccc(=O)[nH]c2)c[nH+]c1Nc1cccc(C)n1. The van der Waals surface area contributed by atoms with Crippen LogP contribution in [0.3, 0.4) is 0 Å². The van der Waals surface area contributed by atoms with Crippen LogP contribution in [-0.2, 0) is 0 Å². The average Bonchev–Trinajstić information content (AvgIpc) is 2.57. The van der Waals surface area contributed by atoms with Crippen LogP contribution in [0.4, 0.5) is 11.6 Å². The third kappa shape index (κ3) is 3.60. The highest BCUT2D eigenvalue weighted by molar-refractivity contribution is 5.66. The summed E-state index contributed by atoms with van der Waals surface area (Å²) < 4.78 is 5.73. The minimum absolute atomic E-state index is 0.128. The highest BCUT2D eigenvalue weighted by Gasteiger charge is 2.15. The van der Waals surface area contributed by atoms with Gasteiger partial charge in [-0.05, 0) is 26.0 Å². The number of nitrogens with zero attached hydrogens (tertiary/aromatic N) is 1. The monoisotopic (exact) mass is 323 g/mol. The largest absolute Gasteiger partial charge is 0.486 e. The number of anilines is 2. The van der Waals surface area contributed by atoms with Crippen molar-refractivity contribution in [3.8, 4) is 16.9 Å². The molecular weight excluding hydrogens is 304 g/mol. The van der Waals surface area contributed by atoms with E-state index in [1.54, 1.807) is 12.3 Å². The molecule has 3 aromatic heterocycles. The second kappa shape index (κ2) is 6.95. The lowest BCUT2D eigenvalue weighted by atomic mass is 10.1.